The Kier molecular flexibility index (Phi) is 4.34. The van der Waals surface area contributed by atoms with E-state index in [2.05, 4.69) is 9.88 Å². The fraction of sp³-hybridized carbons (Fsp3) is 0.294. The van der Waals surface area contributed by atoms with Crippen molar-refractivity contribution in [2.45, 2.75) is 6.54 Å². The van der Waals surface area contributed by atoms with Crippen LogP contribution in [0.2, 0.25) is 0 Å². The number of nitrogens with zero attached hydrogens (tertiary/aromatic N) is 3. The molecule has 1 aliphatic heterocycles. The predicted molar refractivity (Wildman–Crippen MR) is 83.5 cm³/mol. The SMILES string of the molecule is O=C(c1ccccn1)N1CCN(Cc2ccc(O)cc2)CC1. The van der Waals surface area contributed by atoms with Crippen LogP contribution in [0.25, 0.3) is 0 Å². The van der Waals surface area contributed by atoms with Gasteiger partial charge in [0.15, 0.2) is 0 Å². The van der Waals surface area contributed by atoms with Crippen molar-refractivity contribution in [1.29, 1.82) is 0 Å². The van der Waals surface area contributed by atoms with Gasteiger partial charge in [-0.15, -0.1) is 0 Å². The van der Waals surface area contributed by atoms with E-state index < -0.39 is 0 Å². The Morgan fingerprint density at radius 3 is 2.41 bits per heavy atom. The topological polar surface area (TPSA) is 56.7 Å². The minimum atomic E-state index is 0.00452. The number of rotatable bonds is 3. The zero-order valence-corrected chi connectivity index (χ0v) is 12.4. The maximum atomic E-state index is 12.3. The van der Waals surface area contributed by atoms with Crippen LogP contribution >= 0.6 is 0 Å². The van der Waals surface area contributed by atoms with Crippen LogP contribution in [0.5, 0.6) is 5.75 Å². The van der Waals surface area contributed by atoms with Crippen molar-refractivity contribution in [1.82, 2.24) is 14.8 Å². The van der Waals surface area contributed by atoms with E-state index >= 15 is 0 Å². The van der Waals surface area contributed by atoms with Gasteiger partial charge in [0.2, 0.25) is 0 Å². The van der Waals surface area contributed by atoms with Crippen LogP contribution in [0.15, 0.2) is 48.7 Å². The predicted octanol–water partition coefficient (Wildman–Crippen LogP) is 1.75. The molecule has 114 valence electrons. The van der Waals surface area contributed by atoms with Crippen molar-refractivity contribution in [2.24, 2.45) is 0 Å². The second-order valence-electron chi connectivity index (χ2n) is 5.45. The molecule has 3 rings (SSSR count). The molecule has 1 aromatic heterocycles. The molecular weight excluding hydrogens is 278 g/mol. The van der Waals surface area contributed by atoms with Crippen molar-refractivity contribution in [3.05, 3.63) is 59.9 Å². The standard InChI is InChI=1S/C17H19N3O2/c21-15-6-4-14(5-7-15)13-19-9-11-20(12-10-19)17(22)16-3-1-2-8-18-16/h1-8,21H,9-13H2. The van der Waals surface area contributed by atoms with Gasteiger partial charge < -0.3 is 10.0 Å². The summed E-state index contributed by atoms with van der Waals surface area (Å²) in [5, 5.41) is 9.30. The van der Waals surface area contributed by atoms with Gasteiger partial charge in [0.05, 0.1) is 0 Å². The minimum absolute atomic E-state index is 0.00452. The number of phenolic OH excluding ortho intramolecular Hbond substituents is 1. The maximum Gasteiger partial charge on any atom is 0.272 e. The number of pyridine rings is 1. The number of carbonyl (C=O) groups is 1. The number of benzene rings is 1. The Morgan fingerprint density at radius 1 is 1.05 bits per heavy atom. The first kappa shape index (κ1) is 14.5. The molecule has 1 aromatic carbocycles. The van der Waals surface area contributed by atoms with E-state index in [0.717, 1.165) is 19.6 Å². The Morgan fingerprint density at radius 2 is 1.77 bits per heavy atom. The summed E-state index contributed by atoms with van der Waals surface area (Å²) in [7, 11) is 0. The largest absolute Gasteiger partial charge is 0.508 e. The summed E-state index contributed by atoms with van der Waals surface area (Å²) in [6.45, 7) is 3.96. The van der Waals surface area contributed by atoms with Gasteiger partial charge in [-0.2, -0.15) is 0 Å². The van der Waals surface area contributed by atoms with Gasteiger partial charge in [-0.05, 0) is 29.8 Å². The number of phenols is 1. The number of amides is 1. The summed E-state index contributed by atoms with van der Waals surface area (Å²) in [4.78, 5) is 20.6. The van der Waals surface area contributed by atoms with E-state index in [1.165, 1.54) is 5.56 Å². The van der Waals surface area contributed by atoms with Crippen molar-refractivity contribution in [2.75, 3.05) is 26.2 Å². The van der Waals surface area contributed by atoms with Gasteiger partial charge >= 0.3 is 0 Å². The van der Waals surface area contributed by atoms with Gasteiger partial charge in [0, 0.05) is 38.9 Å². The van der Waals surface area contributed by atoms with Crippen LogP contribution in [-0.4, -0.2) is 52.0 Å². The van der Waals surface area contributed by atoms with Crippen LogP contribution in [-0.2, 0) is 6.54 Å². The third-order valence-corrected chi connectivity index (χ3v) is 3.89. The Hall–Kier alpha value is -2.40. The summed E-state index contributed by atoms with van der Waals surface area (Å²) < 4.78 is 0. The fourth-order valence-corrected chi connectivity index (χ4v) is 2.62. The lowest BCUT2D eigenvalue weighted by atomic mass is 10.2. The molecule has 0 radical (unpaired) electrons. The number of hydrogen-bond acceptors (Lipinski definition) is 4. The molecule has 1 amide bonds. The number of aromatic hydroxyl groups is 1. The van der Waals surface area contributed by atoms with E-state index in [4.69, 9.17) is 0 Å². The molecule has 5 nitrogen and oxygen atoms in total. The summed E-state index contributed by atoms with van der Waals surface area (Å²) in [6, 6.07) is 12.7. The van der Waals surface area contributed by atoms with Crippen molar-refractivity contribution in [3.63, 3.8) is 0 Å². The lowest BCUT2D eigenvalue weighted by Crippen LogP contribution is -2.48. The van der Waals surface area contributed by atoms with Crippen LogP contribution in [0.3, 0.4) is 0 Å². The first-order valence-electron chi connectivity index (χ1n) is 7.43. The Labute approximate surface area is 129 Å². The molecule has 2 aromatic rings. The van der Waals surface area contributed by atoms with E-state index in [9.17, 15) is 9.90 Å². The first-order chi connectivity index (χ1) is 10.7. The number of aromatic nitrogens is 1. The molecule has 0 unspecified atom stereocenters. The molecule has 1 fully saturated rings. The number of hydrogen-bond donors (Lipinski definition) is 1. The van der Waals surface area contributed by atoms with E-state index in [0.29, 0.717) is 18.8 Å². The van der Waals surface area contributed by atoms with Gasteiger partial charge in [0.1, 0.15) is 11.4 Å². The highest BCUT2D eigenvalue weighted by Crippen LogP contribution is 2.13. The average molecular weight is 297 g/mol. The molecule has 5 heteroatoms. The van der Waals surface area contributed by atoms with Crippen LogP contribution < -0.4 is 0 Å². The summed E-state index contributed by atoms with van der Waals surface area (Å²) in [5.74, 6) is 0.291. The third-order valence-electron chi connectivity index (χ3n) is 3.89. The van der Waals surface area contributed by atoms with Gasteiger partial charge in [-0.1, -0.05) is 18.2 Å². The normalized spacial score (nSPS) is 15.7. The minimum Gasteiger partial charge on any atom is -0.508 e. The molecule has 1 N–H and O–H groups in total. The summed E-state index contributed by atoms with van der Waals surface area (Å²) in [6.07, 6.45) is 1.65. The zero-order chi connectivity index (χ0) is 15.4. The van der Waals surface area contributed by atoms with E-state index in [-0.39, 0.29) is 11.7 Å². The smallest absolute Gasteiger partial charge is 0.272 e. The van der Waals surface area contributed by atoms with Crippen molar-refractivity contribution >= 4 is 5.91 Å². The van der Waals surface area contributed by atoms with Gasteiger partial charge in [-0.25, -0.2) is 0 Å². The van der Waals surface area contributed by atoms with Crippen molar-refractivity contribution in [3.8, 4) is 5.75 Å². The summed E-state index contributed by atoms with van der Waals surface area (Å²) >= 11 is 0. The zero-order valence-electron chi connectivity index (χ0n) is 12.4. The molecular formula is C17H19N3O2. The molecule has 0 atom stereocenters. The lowest BCUT2D eigenvalue weighted by molar-refractivity contribution is 0.0622. The fourth-order valence-electron chi connectivity index (χ4n) is 2.62. The van der Waals surface area contributed by atoms with E-state index in [1.807, 2.05) is 29.2 Å². The van der Waals surface area contributed by atoms with Gasteiger partial charge in [-0.3, -0.25) is 14.7 Å². The van der Waals surface area contributed by atoms with Crippen LogP contribution in [0, 0.1) is 0 Å². The molecule has 22 heavy (non-hydrogen) atoms. The van der Waals surface area contributed by atoms with Crippen LogP contribution in [0.1, 0.15) is 16.1 Å². The second-order valence-corrected chi connectivity index (χ2v) is 5.45. The van der Waals surface area contributed by atoms with Crippen molar-refractivity contribution < 1.29 is 9.90 Å². The molecule has 0 saturated carbocycles. The number of piperazine rings is 1. The highest BCUT2D eigenvalue weighted by Gasteiger charge is 2.22. The molecule has 0 spiro atoms. The highest BCUT2D eigenvalue weighted by atomic mass is 16.3. The Balaban J connectivity index is 1.54. The third kappa shape index (κ3) is 3.43. The monoisotopic (exact) mass is 297 g/mol. The maximum absolute atomic E-state index is 12.3. The average Bonchev–Trinajstić information content (AvgIpc) is 2.58. The van der Waals surface area contributed by atoms with Crippen LogP contribution in [0.4, 0.5) is 0 Å². The molecule has 1 aliphatic rings. The molecule has 0 aliphatic carbocycles. The molecule has 1 saturated heterocycles. The quantitative estimate of drug-likeness (QED) is 0.937. The summed E-state index contributed by atoms with van der Waals surface area (Å²) in [5.41, 5.74) is 1.68. The molecule has 0 bridgehead atoms. The molecule has 2 heterocycles. The number of carbonyl (C=O) groups excluding carboxylic acids is 1. The lowest BCUT2D eigenvalue weighted by Gasteiger charge is -2.34. The van der Waals surface area contributed by atoms with E-state index in [1.54, 1.807) is 24.4 Å². The first-order valence-corrected chi connectivity index (χ1v) is 7.43. The highest BCUT2D eigenvalue weighted by molar-refractivity contribution is 5.92. The second kappa shape index (κ2) is 6.58. The van der Waals surface area contributed by atoms with Gasteiger partial charge in [0.25, 0.3) is 5.91 Å². The Bertz CT molecular complexity index is 620.